The maximum atomic E-state index is 9.87. The third-order valence-corrected chi connectivity index (χ3v) is 3.83. The summed E-state index contributed by atoms with van der Waals surface area (Å²) in [5.41, 5.74) is 1.71. The zero-order chi connectivity index (χ0) is 18.8. The molecule has 6 nitrogen and oxygen atoms in total. The van der Waals surface area contributed by atoms with Gasteiger partial charge in [0.1, 0.15) is 11.0 Å². The number of para-hydroxylation sites is 1. The minimum atomic E-state index is -10.7. The van der Waals surface area contributed by atoms with Gasteiger partial charge in [0.05, 0.1) is 0 Å². The van der Waals surface area contributed by atoms with E-state index >= 15 is 0 Å². The molecule has 1 radical (unpaired) electrons. The summed E-state index contributed by atoms with van der Waals surface area (Å²) in [4.78, 5) is 1.49. The molecule has 1 heterocycles. The van der Waals surface area contributed by atoms with E-state index in [0.29, 0.717) is 0 Å². The van der Waals surface area contributed by atoms with Crippen molar-refractivity contribution in [1.82, 2.24) is 24.5 Å². The van der Waals surface area contributed by atoms with Crippen LogP contribution in [0.3, 0.4) is 0 Å². The number of fused-ring (bicyclic) bond motifs is 1. The van der Waals surface area contributed by atoms with Gasteiger partial charge in [-0.15, -0.1) is 14.4 Å². The Morgan fingerprint density at radius 3 is 1.88 bits per heavy atom. The molecule has 2 aromatic rings. The van der Waals surface area contributed by atoms with E-state index in [1.807, 2.05) is 61.8 Å². The molecule has 0 N–H and O–H groups in total. The number of hydrogen-bond donors (Lipinski definition) is 0. The monoisotopic (exact) mass is 398 g/mol. The van der Waals surface area contributed by atoms with Crippen LogP contribution < -0.4 is 4.62 Å². The van der Waals surface area contributed by atoms with Gasteiger partial charge in [0, 0.05) is 28.2 Å². The molecule has 0 aliphatic rings. The van der Waals surface area contributed by atoms with E-state index < -0.39 is 16.3 Å². The van der Waals surface area contributed by atoms with Crippen molar-refractivity contribution in [3.05, 3.63) is 24.3 Å². The molecule has 0 unspecified atom stereocenters. The second kappa shape index (κ2) is 6.25. The van der Waals surface area contributed by atoms with E-state index in [-0.39, 0.29) is 0 Å². The molecule has 0 aliphatic heterocycles. The Bertz CT molecular complexity index is 670. The number of hydrogen-bond acceptors (Lipinski definition) is 5. The number of rotatable bonds is 4. The summed E-state index contributed by atoms with van der Waals surface area (Å²) in [5, 5.41) is 8.06. The fourth-order valence-electron chi connectivity index (χ4n) is 1.48. The molecule has 0 bridgehead atoms. The molecule has 14 heteroatoms. The molecule has 0 fully saturated rings. The number of aromatic nitrogens is 3. The quantitative estimate of drug-likeness (QED) is 0.557. The molecular weight excluding hydrogens is 382 g/mol. The predicted molar refractivity (Wildman–Crippen MR) is 82.0 cm³/mol. The third kappa shape index (κ3) is 8.58. The maximum absolute atomic E-state index is 10.7. The van der Waals surface area contributed by atoms with Crippen molar-refractivity contribution in [3.8, 4) is 0 Å². The number of halogens is 6. The first kappa shape index (κ1) is 20.8. The first-order valence-electron chi connectivity index (χ1n) is 6.24. The standard InChI is InChI=1S/C10H16N5OP.F6P/c1-13(2)17(14(3)4)16-15-10-8-6-5-7-9(10)11-12-15;1-7(2,3,4,5)6/h5-8H,1-4H3;/q+1;-1. The van der Waals surface area contributed by atoms with Crippen molar-refractivity contribution in [2.45, 2.75) is 0 Å². The van der Waals surface area contributed by atoms with Crippen LogP contribution in [-0.4, -0.2) is 52.7 Å². The Labute approximate surface area is 135 Å². The molecule has 0 atom stereocenters. The van der Waals surface area contributed by atoms with E-state index in [2.05, 4.69) is 10.3 Å². The zero-order valence-corrected chi connectivity index (χ0v) is 14.9. The minimum absolute atomic E-state index is 0.833. The van der Waals surface area contributed by atoms with Gasteiger partial charge in [-0.05, 0) is 22.2 Å². The van der Waals surface area contributed by atoms with E-state index in [9.17, 15) is 25.2 Å². The summed E-state index contributed by atoms with van der Waals surface area (Å²) in [6.07, 6.45) is 0. The molecule has 0 spiro atoms. The Morgan fingerprint density at radius 1 is 0.958 bits per heavy atom. The fraction of sp³-hybridized carbons (Fsp3) is 0.400. The average Bonchev–Trinajstić information content (AvgIpc) is 2.74. The predicted octanol–water partition coefficient (Wildman–Crippen LogP) is 4.59. The van der Waals surface area contributed by atoms with E-state index in [1.165, 1.54) is 4.85 Å². The Balaban J connectivity index is 0.000000351. The van der Waals surface area contributed by atoms with Gasteiger partial charge in [-0.2, -0.15) is 4.62 Å². The van der Waals surface area contributed by atoms with Gasteiger partial charge in [-0.3, -0.25) is 0 Å². The van der Waals surface area contributed by atoms with E-state index in [1.54, 1.807) is 0 Å². The van der Waals surface area contributed by atoms with Gasteiger partial charge in [0.25, 0.3) is 0 Å². The SMILES string of the molecule is CN(C)[P+](On1nnc2ccccc21)N(C)C.F[P-](F)(F)(F)(F)F. The Kier molecular flexibility index (Phi) is 5.43. The van der Waals surface area contributed by atoms with Gasteiger partial charge >= 0.3 is 41.4 Å². The third-order valence-electron chi connectivity index (χ3n) is 2.16. The summed E-state index contributed by atoms with van der Waals surface area (Å²) < 4.78 is 69.1. The van der Waals surface area contributed by atoms with Crippen LogP contribution >= 0.6 is 16.3 Å². The first-order chi connectivity index (χ1) is 10.5. The molecule has 1 aromatic heterocycles. The van der Waals surface area contributed by atoms with Crippen molar-refractivity contribution < 1.29 is 29.8 Å². The van der Waals surface area contributed by atoms with Crippen molar-refractivity contribution in [2.75, 3.05) is 28.2 Å². The van der Waals surface area contributed by atoms with E-state index in [0.717, 1.165) is 11.0 Å². The molecule has 0 saturated carbocycles. The fourth-order valence-corrected chi connectivity index (χ4v) is 2.75. The zero-order valence-electron chi connectivity index (χ0n) is 13.1. The van der Waals surface area contributed by atoms with Crippen LogP contribution in [0.2, 0.25) is 0 Å². The molecule has 24 heavy (non-hydrogen) atoms. The van der Waals surface area contributed by atoms with Gasteiger partial charge in [0.2, 0.25) is 0 Å². The molecule has 0 aliphatic carbocycles. The van der Waals surface area contributed by atoms with Crippen molar-refractivity contribution in [1.29, 1.82) is 0 Å². The van der Waals surface area contributed by atoms with Crippen molar-refractivity contribution in [3.63, 3.8) is 0 Å². The second-order valence-corrected chi connectivity index (χ2v) is 9.12. The van der Waals surface area contributed by atoms with Crippen LogP contribution in [-0.2, 0) is 0 Å². The van der Waals surface area contributed by atoms with Crippen LogP contribution in [0.25, 0.3) is 11.0 Å². The topological polar surface area (TPSA) is 46.4 Å². The van der Waals surface area contributed by atoms with Crippen LogP contribution in [0, 0.1) is 0 Å². The average molecular weight is 398 g/mol. The summed E-state index contributed by atoms with van der Waals surface area (Å²) in [5.74, 6) is 0. The molecule has 0 saturated heterocycles. The molecular formula is C10H16F6N5OP2. The normalized spacial score (nSPS) is 15.2. The molecule has 2 rings (SSSR count). The molecule has 139 valence electrons. The van der Waals surface area contributed by atoms with Crippen LogP contribution in [0.4, 0.5) is 25.2 Å². The summed E-state index contributed by atoms with van der Waals surface area (Å²) >= 11 is 0. The van der Waals surface area contributed by atoms with Crippen LogP contribution in [0.5, 0.6) is 0 Å². The summed E-state index contributed by atoms with van der Waals surface area (Å²) in [6.45, 7) is 0. The van der Waals surface area contributed by atoms with Crippen molar-refractivity contribution >= 4 is 27.3 Å². The van der Waals surface area contributed by atoms with E-state index in [4.69, 9.17) is 4.62 Å². The second-order valence-electron chi connectivity index (χ2n) is 4.94. The van der Waals surface area contributed by atoms with Gasteiger partial charge in [-0.25, -0.2) is 0 Å². The number of benzene rings is 1. The van der Waals surface area contributed by atoms with Gasteiger partial charge < -0.3 is 0 Å². The Morgan fingerprint density at radius 2 is 1.42 bits per heavy atom. The van der Waals surface area contributed by atoms with Crippen LogP contribution in [0.15, 0.2) is 24.3 Å². The van der Waals surface area contributed by atoms with Crippen LogP contribution in [0.1, 0.15) is 0 Å². The van der Waals surface area contributed by atoms with Crippen molar-refractivity contribution in [2.24, 2.45) is 0 Å². The Hall–Kier alpha value is -1.22. The number of nitrogens with zero attached hydrogens (tertiary/aromatic N) is 5. The molecule has 1 aromatic carbocycles. The molecule has 0 amide bonds. The van der Waals surface area contributed by atoms with Gasteiger partial charge in [-0.1, -0.05) is 12.1 Å². The summed E-state index contributed by atoms with van der Waals surface area (Å²) in [6, 6.07) is 7.73. The van der Waals surface area contributed by atoms with Gasteiger partial charge in [0.15, 0.2) is 0 Å². The summed E-state index contributed by atoms with van der Waals surface area (Å²) in [7, 11) is -3.62. The first-order valence-corrected chi connectivity index (χ1v) is 9.44.